The van der Waals surface area contributed by atoms with Gasteiger partial charge < -0.3 is 4.90 Å². The third-order valence-corrected chi connectivity index (χ3v) is 8.70. The zero-order valence-corrected chi connectivity index (χ0v) is 18.8. The fourth-order valence-electron chi connectivity index (χ4n) is 4.12. The monoisotopic (exact) mass is 447 g/mol. The molecule has 0 atom stereocenters. The second kappa shape index (κ2) is 9.60. The highest BCUT2D eigenvalue weighted by molar-refractivity contribution is 7.89. The normalized spacial score (nSPS) is 19.5. The molecule has 8 heteroatoms. The van der Waals surface area contributed by atoms with Crippen molar-refractivity contribution >= 4 is 27.3 Å². The summed E-state index contributed by atoms with van der Waals surface area (Å²) >= 11 is 1.76. The first-order valence-electron chi connectivity index (χ1n) is 10.7. The zero-order chi connectivity index (χ0) is 21.0. The molecule has 0 saturated carbocycles. The third kappa shape index (κ3) is 4.94. The van der Waals surface area contributed by atoms with Crippen LogP contribution in [0.1, 0.15) is 40.9 Å². The van der Waals surface area contributed by atoms with Crippen molar-refractivity contribution in [2.75, 3.05) is 39.3 Å². The summed E-state index contributed by atoms with van der Waals surface area (Å²) in [6, 6.07) is 10.7. The summed E-state index contributed by atoms with van der Waals surface area (Å²) in [5, 5.41) is 2.09. The van der Waals surface area contributed by atoms with E-state index in [1.807, 2.05) is 4.90 Å². The van der Waals surface area contributed by atoms with Crippen molar-refractivity contribution < 1.29 is 13.2 Å². The van der Waals surface area contributed by atoms with Gasteiger partial charge in [-0.1, -0.05) is 18.9 Å². The molecule has 2 aliphatic heterocycles. The number of nitrogens with zero attached hydrogens (tertiary/aromatic N) is 3. The maximum Gasteiger partial charge on any atom is 0.253 e. The Kier molecular flexibility index (Phi) is 6.87. The molecule has 1 amide bonds. The summed E-state index contributed by atoms with van der Waals surface area (Å²) in [6.45, 7) is 5.19. The van der Waals surface area contributed by atoms with Crippen molar-refractivity contribution in [2.45, 2.75) is 37.1 Å². The number of piperazine rings is 1. The summed E-state index contributed by atoms with van der Waals surface area (Å²) in [4.78, 5) is 18.7. The standard InChI is InChI=1S/C22H29N3O3S2/c26-22(24-15-13-23(14-16-24)18-20-6-5-17-29-20)19-7-9-21(10-8-19)30(27,28)25-11-3-1-2-4-12-25/h5-10,17H,1-4,11-16,18H2. The van der Waals surface area contributed by atoms with Gasteiger partial charge in [0.25, 0.3) is 5.91 Å². The van der Waals surface area contributed by atoms with Crippen LogP contribution >= 0.6 is 11.3 Å². The van der Waals surface area contributed by atoms with E-state index in [0.29, 0.717) is 31.7 Å². The number of amides is 1. The van der Waals surface area contributed by atoms with Crippen LogP contribution in [0.15, 0.2) is 46.7 Å². The van der Waals surface area contributed by atoms with E-state index in [0.717, 1.165) is 45.3 Å². The molecule has 2 saturated heterocycles. The minimum Gasteiger partial charge on any atom is -0.336 e. The van der Waals surface area contributed by atoms with Crippen LogP contribution in [0.4, 0.5) is 0 Å². The van der Waals surface area contributed by atoms with Gasteiger partial charge in [0.15, 0.2) is 0 Å². The Bertz CT molecular complexity index is 927. The molecule has 2 aliphatic rings. The Morgan fingerprint density at radius 2 is 1.53 bits per heavy atom. The van der Waals surface area contributed by atoms with Crippen LogP contribution in [0.25, 0.3) is 0 Å². The van der Waals surface area contributed by atoms with E-state index >= 15 is 0 Å². The summed E-state index contributed by atoms with van der Waals surface area (Å²) < 4.78 is 27.4. The lowest BCUT2D eigenvalue weighted by atomic mass is 10.2. The number of sulfonamides is 1. The summed E-state index contributed by atoms with van der Waals surface area (Å²) in [5.41, 5.74) is 0.552. The molecule has 3 heterocycles. The van der Waals surface area contributed by atoms with Gasteiger partial charge in [-0.05, 0) is 48.6 Å². The lowest BCUT2D eigenvalue weighted by Crippen LogP contribution is -2.48. The van der Waals surface area contributed by atoms with Crippen molar-refractivity contribution in [1.29, 1.82) is 0 Å². The van der Waals surface area contributed by atoms with Crippen molar-refractivity contribution in [3.05, 3.63) is 52.2 Å². The van der Waals surface area contributed by atoms with Gasteiger partial charge in [-0.15, -0.1) is 11.3 Å². The van der Waals surface area contributed by atoms with Crippen molar-refractivity contribution in [3.63, 3.8) is 0 Å². The minimum absolute atomic E-state index is 0.0236. The summed E-state index contributed by atoms with van der Waals surface area (Å²) in [6.07, 6.45) is 3.99. The summed E-state index contributed by atoms with van der Waals surface area (Å²) in [7, 11) is -3.48. The Balaban J connectivity index is 1.36. The first kappa shape index (κ1) is 21.5. The van der Waals surface area contributed by atoms with Gasteiger partial charge in [0, 0.05) is 56.3 Å². The van der Waals surface area contributed by atoms with Crippen molar-refractivity contribution in [1.82, 2.24) is 14.1 Å². The molecule has 0 unspecified atom stereocenters. The molecular weight excluding hydrogens is 418 g/mol. The molecule has 0 aliphatic carbocycles. The van der Waals surface area contributed by atoms with E-state index in [-0.39, 0.29) is 10.8 Å². The van der Waals surface area contributed by atoms with Crippen LogP contribution in [-0.4, -0.2) is 67.7 Å². The van der Waals surface area contributed by atoms with Gasteiger partial charge >= 0.3 is 0 Å². The zero-order valence-electron chi connectivity index (χ0n) is 17.2. The quantitative estimate of drug-likeness (QED) is 0.706. The molecule has 2 aromatic rings. The number of rotatable bonds is 5. The average Bonchev–Trinajstić information content (AvgIpc) is 3.12. The van der Waals surface area contributed by atoms with Crippen LogP contribution < -0.4 is 0 Å². The fourth-order valence-corrected chi connectivity index (χ4v) is 6.38. The first-order chi connectivity index (χ1) is 14.5. The second-order valence-electron chi connectivity index (χ2n) is 7.99. The number of hydrogen-bond acceptors (Lipinski definition) is 5. The highest BCUT2D eigenvalue weighted by atomic mass is 32.2. The topological polar surface area (TPSA) is 60.9 Å². The lowest BCUT2D eigenvalue weighted by Gasteiger charge is -2.34. The van der Waals surface area contributed by atoms with Gasteiger partial charge in [-0.3, -0.25) is 9.69 Å². The lowest BCUT2D eigenvalue weighted by molar-refractivity contribution is 0.0629. The van der Waals surface area contributed by atoms with Gasteiger partial charge in [0.1, 0.15) is 0 Å². The van der Waals surface area contributed by atoms with E-state index in [9.17, 15) is 13.2 Å². The number of benzene rings is 1. The molecule has 0 spiro atoms. The van der Waals surface area contributed by atoms with Crippen LogP contribution in [0.3, 0.4) is 0 Å². The molecule has 162 valence electrons. The van der Waals surface area contributed by atoms with Gasteiger partial charge in [-0.25, -0.2) is 8.42 Å². The van der Waals surface area contributed by atoms with E-state index in [2.05, 4.69) is 22.4 Å². The molecule has 2 fully saturated rings. The molecule has 30 heavy (non-hydrogen) atoms. The molecule has 4 rings (SSSR count). The Labute approximate surface area is 183 Å². The van der Waals surface area contributed by atoms with Crippen molar-refractivity contribution in [3.8, 4) is 0 Å². The SMILES string of the molecule is O=C(c1ccc(S(=O)(=O)N2CCCCCC2)cc1)N1CCN(Cc2cccs2)CC1. The number of carbonyl (C=O) groups is 1. The van der Waals surface area contributed by atoms with Crippen LogP contribution in [-0.2, 0) is 16.6 Å². The average molecular weight is 448 g/mol. The predicted octanol–water partition coefficient (Wildman–Crippen LogP) is 3.27. The Hall–Kier alpha value is -1.74. The van der Waals surface area contributed by atoms with Gasteiger partial charge in [0.05, 0.1) is 4.90 Å². The Morgan fingerprint density at radius 1 is 0.867 bits per heavy atom. The first-order valence-corrected chi connectivity index (χ1v) is 13.0. The van der Waals surface area contributed by atoms with E-state index in [1.165, 1.54) is 4.88 Å². The molecule has 0 radical (unpaired) electrons. The van der Waals surface area contributed by atoms with Crippen LogP contribution in [0.5, 0.6) is 0 Å². The van der Waals surface area contributed by atoms with Gasteiger partial charge in [-0.2, -0.15) is 4.31 Å². The van der Waals surface area contributed by atoms with E-state index in [1.54, 1.807) is 39.9 Å². The molecule has 1 aromatic heterocycles. The van der Waals surface area contributed by atoms with Crippen LogP contribution in [0, 0.1) is 0 Å². The largest absolute Gasteiger partial charge is 0.336 e. The predicted molar refractivity (Wildman–Crippen MR) is 119 cm³/mol. The van der Waals surface area contributed by atoms with Crippen molar-refractivity contribution in [2.24, 2.45) is 0 Å². The minimum atomic E-state index is -3.48. The molecular formula is C22H29N3O3S2. The molecule has 0 bridgehead atoms. The third-order valence-electron chi connectivity index (χ3n) is 5.92. The van der Waals surface area contributed by atoms with Crippen LogP contribution in [0.2, 0.25) is 0 Å². The molecule has 6 nitrogen and oxygen atoms in total. The maximum absolute atomic E-state index is 12.9. The fraction of sp³-hybridized carbons (Fsp3) is 0.500. The van der Waals surface area contributed by atoms with Gasteiger partial charge in [0.2, 0.25) is 10.0 Å². The highest BCUT2D eigenvalue weighted by Crippen LogP contribution is 2.21. The highest BCUT2D eigenvalue weighted by Gasteiger charge is 2.26. The number of carbonyl (C=O) groups excluding carboxylic acids is 1. The second-order valence-corrected chi connectivity index (χ2v) is 11.0. The smallest absolute Gasteiger partial charge is 0.253 e. The summed E-state index contributed by atoms with van der Waals surface area (Å²) in [5.74, 6) is -0.0236. The van der Waals surface area contributed by atoms with E-state index < -0.39 is 10.0 Å². The molecule has 0 N–H and O–H groups in total. The maximum atomic E-state index is 12.9. The Morgan fingerprint density at radius 3 is 2.13 bits per heavy atom. The number of hydrogen-bond donors (Lipinski definition) is 0. The molecule has 1 aromatic carbocycles. The van der Waals surface area contributed by atoms with E-state index in [4.69, 9.17) is 0 Å². The number of thiophene rings is 1.